The molecule has 0 saturated heterocycles. The van der Waals surface area contributed by atoms with E-state index in [-0.39, 0.29) is 12.2 Å². The fraction of sp³-hybridized carbons (Fsp3) is 0.500. The third kappa shape index (κ3) is 2.77. The molecular formula is C16H18FNO3. The first kappa shape index (κ1) is 14.0. The molecule has 1 aliphatic carbocycles. The molecule has 1 N–H and O–H groups in total. The Morgan fingerprint density at radius 3 is 2.67 bits per heavy atom. The minimum Gasteiger partial charge on any atom is -0.481 e. The fourth-order valence-corrected chi connectivity index (χ4v) is 3.18. The summed E-state index contributed by atoms with van der Waals surface area (Å²) in [5.74, 6) is -0.773. The number of carboxylic acids is 1. The Hall–Kier alpha value is -1.91. The lowest BCUT2D eigenvalue weighted by Crippen LogP contribution is -2.33. The Kier molecular flexibility index (Phi) is 3.66. The molecule has 1 aromatic carbocycles. The molecule has 1 heterocycles. The summed E-state index contributed by atoms with van der Waals surface area (Å²) in [6.45, 7) is 0. The molecule has 1 aromatic heterocycles. The second kappa shape index (κ2) is 5.47. The molecule has 0 aliphatic heterocycles. The lowest BCUT2D eigenvalue weighted by molar-refractivity contribution is -0.150. The number of rotatable bonds is 3. The number of hydrogen-bond donors (Lipinski definition) is 1. The van der Waals surface area contributed by atoms with Gasteiger partial charge in [0.25, 0.3) is 0 Å². The van der Waals surface area contributed by atoms with Gasteiger partial charge >= 0.3 is 5.97 Å². The number of benzene rings is 1. The van der Waals surface area contributed by atoms with Gasteiger partial charge in [0.1, 0.15) is 11.3 Å². The van der Waals surface area contributed by atoms with E-state index < -0.39 is 11.4 Å². The van der Waals surface area contributed by atoms with E-state index in [0.29, 0.717) is 29.8 Å². The molecule has 5 heteroatoms. The molecular weight excluding hydrogens is 273 g/mol. The van der Waals surface area contributed by atoms with Crippen molar-refractivity contribution >= 4 is 17.1 Å². The van der Waals surface area contributed by atoms with Gasteiger partial charge in [0.2, 0.25) is 0 Å². The van der Waals surface area contributed by atoms with Crippen LogP contribution in [0.25, 0.3) is 11.1 Å². The van der Waals surface area contributed by atoms with Gasteiger partial charge in [-0.2, -0.15) is 0 Å². The molecule has 3 rings (SSSR count). The van der Waals surface area contributed by atoms with Gasteiger partial charge < -0.3 is 9.52 Å². The van der Waals surface area contributed by atoms with Gasteiger partial charge in [-0.1, -0.05) is 25.7 Å². The van der Waals surface area contributed by atoms with Crippen molar-refractivity contribution in [2.24, 2.45) is 5.41 Å². The summed E-state index contributed by atoms with van der Waals surface area (Å²) in [5, 5.41) is 9.66. The number of nitrogens with zero attached hydrogens (tertiary/aromatic N) is 1. The van der Waals surface area contributed by atoms with Crippen molar-refractivity contribution in [1.29, 1.82) is 0 Å². The number of aromatic nitrogens is 1. The zero-order chi connectivity index (χ0) is 14.9. The van der Waals surface area contributed by atoms with Crippen LogP contribution in [-0.2, 0) is 11.2 Å². The Bertz CT molecular complexity index is 657. The predicted octanol–water partition coefficient (Wildman–Crippen LogP) is 3.93. The number of halogens is 1. The van der Waals surface area contributed by atoms with Crippen LogP contribution in [0.3, 0.4) is 0 Å². The smallest absolute Gasteiger partial charge is 0.310 e. The highest BCUT2D eigenvalue weighted by atomic mass is 19.1. The van der Waals surface area contributed by atoms with Gasteiger partial charge in [0.15, 0.2) is 11.5 Å². The largest absolute Gasteiger partial charge is 0.481 e. The second-order valence-electron chi connectivity index (χ2n) is 5.90. The average Bonchev–Trinajstić information content (AvgIpc) is 2.67. The summed E-state index contributed by atoms with van der Waals surface area (Å²) < 4.78 is 18.7. The van der Waals surface area contributed by atoms with Gasteiger partial charge in [-0.15, -0.1) is 0 Å². The molecule has 0 bridgehead atoms. The number of oxazole rings is 1. The van der Waals surface area contributed by atoms with E-state index in [0.717, 1.165) is 25.7 Å². The highest BCUT2D eigenvalue weighted by Gasteiger charge is 2.40. The maximum Gasteiger partial charge on any atom is 0.310 e. The molecule has 0 spiro atoms. The van der Waals surface area contributed by atoms with Crippen LogP contribution < -0.4 is 0 Å². The van der Waals surface area contributed by atoms with Gasteiger partial charge in [-0.3, -0.25) is 4.79 Å². The number of carbonyl (C=O) groups is 1. The zero-order valence-corrected chi connectivity index (χ0v) is 11.8. The number of fused-ring (bicyclic) bond motifs is 1. The molecule has 0 amide bonds. The third-order valence-corrected chi connectivity index (χ3v) is 4.40. The summed E-state index contributed by atoms with van der Waals surface area (Å²) in [6.07, 6.45) is 5.56. The summed E-state index contributed by atoms with van der Waals surface area (Å²) in [5.41, 5.74) is 0.148. The summed E-state index contributed by atoms with van der Waals surface area (Å²) in [6, 6.07) is 4.16. The first-order valence-electron chi connectivity index (χ1n) is 7.37. The van der Waals surface area contributed by atoms with Crippen LogP contribution in [0.5, 0.6) is 0 Å². The first-order chi connectivity index (χ1) is 10.1. The molecule has 1 fully saturated rings. The normalized spacial score (nSPS) is 18.5. The van der Waals surface area contributed by atoms with Crippen LogP contribution >= 0.6 is 0 Å². The van der Waals surface area contributed by atoms with Gasteiger partial charge in [0.05, 0.1) is 5.41 Å². The van der Waals surface area contributed by atoms with Crippen molar-refractivity contribution in [2.45, 2.75) is 44.9 Å². The Labute approximate surface area is 122 Å². The van der Waals surface area contributed by atoms with Gasteiger partial charge in [-0.25, -0.2) is 9.37 Å². The summed E-state index contributed by atoms with van der Waals surface area (Å²) in [4.78, 5) is 16.1. The topological polar surface area (TPSA) is 63.3 Å². The summed E-state index contributed by atoms with van der Waals surface area (Å²) >= 11 is 0. The molecule has 1 aliphatic rings. The lowest BCUT2D eigenvalue weighted by atomic mass is 9.77. The van der Waals surface area contributed by atoms with E-state index in [9.17, 15) is 14.3 Å². The van der Waals surface area contributed by atoms with Crippen molar-refractivity contribution in [3.05, 3.63) is 29.9 Å². The molecule has 0 unspecified atom stereocenters. The highest BCUT2D eigenvalue weighted by Crippen LogP contribution is 2.38. The Morgan fingerprint density at radius 1 is 1.29 bits per heavy atom. The van der Waals surface area contributed by atoms with Crippen molar-refractivity contribution in [3.8, 4) is 0 Å². The van der Waals surface area contributed by atoms with Crippen molar-refractivity contribution in [1.82, 2.24) is 4.98 Å². The number of hydrogen-bond acceptors (Lipinski definition) is 3. The second-order valence-corrected chi connectivity index (χ2v) is 5.90. The average molecular weight is 291 g/mol. The van der Waals surface area contributed by atoms with Crippen LogP contribution in [0.2, 0.25) is 0 Å². The molecule has 4 nitrogen and oxygen atoms in total. The zero-order valence-electron chi connectivity index (χ0n) is 11.8. The standard InChI is InChI=1S/C16H18FNO3/c17-11-5-6-12-13(9-11)21-14(18-12)10-16(15(19)20)7-3-1-2-4-8-16/h5-6,9H,1-4,7-8,10H2,(H,19,20). The molecule has 1 saturated carbocycles. The van der Waals surface area contributed by atoms with E-state index in [2.05, 4.69) is 4.98 Å². The quantitative estimate of drug-likeness (QED) is 0.870. The molecule has 0 radical (unpaired) electrons. The number of aliphatic carboxylic acids is 1. The molecule has 0 atom stereocenters. The van der Waals surface area contributed by atoms with E-state index in [4.69, 9.17) is 4.42 Å². The van der Waals surface area contributed by atoms with E-state index in [1.807, 2.05) is 0 Å². The van der Waals surface area contributed by atoms with E-state index in [1.54, 1.807) is 6.07 Å². The molecule has 21 heavy (non-hydrogen) atoms. The van der Waals surface area contributed by atoms with Crippen molar-refractivity contribution in [2.75, 3.05) is 0 Å². The minimum absolute atomic E-state index is 0.276. The van der Waals surface area contributed by atoms with Gasteiger partial charge in [0, 0.05) is 12.5 Å². The Balaban J connectivity index is 1.91. The monoisotopic (exact) mass is 291 g/mol. The van der Waals surface area contributed by atoms with Crippen LogP contribution in [0.1, 0.15) is 44.4 Å². The minimum atomic E-state index is -0.796. The first-order valence-corrected chi connectivity index (χ1v) is 7.37. The SMILES string of the molecule is O=C(O)C1(Cc2nc3ccc(F)cc3o2)CCCCCC1. The van der Waals surface area contributed by atoms with Crippen molar-refractivity contribution in [3.63, 3.8) is 0 Å². The maximum atomic E-state index is 13.2. The molecule has 112 valence electrons. The van der Waals surface area contributed by atoms with E-state index in [1.165, 1.54) is 12.1 Å². The predicted molar refractivity (Wildman–Crippen MR) is 75.4 cm³/mol. The number of carboxylic acid groups (broad SMARTS) is 1. The molecule has 2 aromatic rings. The Morgan fingerprint density at radius 2 is 2.00 bits per heavy atom. The van der Waals surface area contributed by atoms with Crippen LogP contribution in [0.15, 0.2) is 22.6 Å². The van der Waals surface area contributed by atoms with Gasteiger partial charge in [-0.05, 0) is 25.0 Å². The van der Waals surface area contributed by atoms with Crippen LogP contribution in [0, 0.1) is 11.2 Å². The van der Waals surface area contributed by atoms with Crippen LogP contribution in [0.4, 0.5) is 4.39 Å². The van der Waals surface area contributed by atoms with Crippen LogP contribution in [-0.4, -0.2) is 16.1 Å². The third-order valence-electron chi connectivity index (χ3n) is 4.40. The van der Waals surface area contributed by atoms with E-state index >= 15 is 0 Å². The lowest BCUT2D eigenvalue weighted by Gasteiger charge is -2.26. The summed E-state index contributed by atoms with van der Waals surface area (Å²) in [7, 11) is 0. The van der Waals surface area contributed by atoms with Crippen molar-refractivity contribution < 1.29 is 18.7 Å². The maximum absolute atomic E-state index is 13.2. The fourth-order valence-electron chi connectivity index (χ4n) is 3.18. The highest BCUT2D eigenvalue weighted by molar-refractivity contribution is 5.76.